The third-order valence-corrected chi connectivity index (χ3v) is 5.27. The molecule has 1 aromatic heterocycles. The van der Waals surface area contributed by atoms with Crippen molar-refractivity contribution in [1.29, 1.82) is 0 Å². The van der Waals surface area contributed by atoms with Crippen LogP contribution < -0.4 is 0 Å². The Bertz CT molecular complexity index is 495. The van der Waals surface area contributed by atoms with E-state index in [1.165, 1.54) is 38.5 Å². The summed E-state index contributed by atoms with van der Waals surface area (Å²) in [6.45, 7) is 3.15. The average Bonchev–Trinajstić information content (AvgIpc) is 3.41. The fourth-order valence-corrected chi connectivity index (χ4v) is 3.77. The highest BCUT2D eigenvalue weighted by Crippen LogP contribution is 2.44. The third kappa shape index (κ3) is 3.14. The Kier molecular flexibility index (Phi) is 3.50. The Morgan fingerprint density at radius 2 is 2.14 bits per heavy atom. The Labute approximate surface area is 125 Å². The number of aromatic nitrogens is 2. The topological polar surface area (TPSA) is 62.4 Å². The van der Waals surface area contributed by atoms with Crippen molar-refractivity contribution in [3.8, 4) is 0 Å². The van der Waals surface area contributed by atoms with Gasteiger partial charge in [0.15, 0.2) is 5.82 Å². The number of piperidine rings is 1. The molecule has 2 heterocycles. The molecule has 0 spiro atoms. The van der Waals surface area contributed by atoms with Crippen molar-refractivity contribution in [3.05, 3.63) is 11.7 Å². The number of aliphatic hydroxyl groups excluding tert-OH is 1. The maximum Gasteiger partial charge on any atom is 0.229 e. The second kappa shape index (κ2) is 5.36. The van der Waals surface area contributed by atoms with E-state index in [-0.39, 0.29) is 5.41 Å². The van der Waals surface area contributed by atoms with Gasteiger partial charge in [-0.05, 0) is 44.6 Å². The van der Waals surface area contributed by atoms with Gasteiger partial charge in [0.2, 0.25) is 5.89 Å². The minimum Gasteiger partial charge on any atom is -0.396 e. The van der Waals surface area contributed by atoms with Crippen molar-refractivity contribution >= 4 is 0 Å². The molecule has 3 aliphatic rings. The summed E-state index contributed by atoms with van der Waals surface area (Å²) in [6.07, 6.45) is 8.63. The van der Waals surface area contributed by atoms with Crippen LogP contribution in [0.3, 0.4) is 0 Å². The Morgan fingerprint density at radius 1 is 1.29 bits per heavy atom. The monoisotopic (exact) mass is 291 g/mol. The molecule has 21 heavy (non-hydrogen) atoms. The van der Waals surface area contributed by atoms with Gasteiger partial charge in [0.25, 0.3) is 0 Å². The van der Waals surface area contributed by atoms with Crippen molar-refractivity contribution in [2.24, 2.45) is 11.3 Å². The summed E-state index contributed by atoms with van der Waals surface area (Å²) in [4.78, 5) is 6.94. The molecule has 1 N–H and O–H groups in total. The Balaban J connectivity index is 1.39. The molecule has 0 bridgehead atoms. The molecule has 1 atom stereocenters. The van der Waals surface area contributed by atoms with Gasteiger partial charge in [0.05, 0.1) is 6.54 Å². The van der Waals surface area contributed by atoms with Gasteiger partial charge in [0, 0.05) is 24.5 Å². The van der Waals surface area contributed by atoms with E-state index in [1.807, 2.05) is 0 Å². The zero-order chi connectivity index (χ0) is 14.3. The van der Waals surface area contributed by atoms with Gasteiger partial charge in [-0.25, -0.2) is 0 Å². The van der Waals surface area contributed by atoms with E-state index >= 15 is 0 Å². The lowest BCUT2D eigenvalue weighted by atomic mass is 9.76. The predicted molar refractivity (Wildman–Crippen MR) is 77.6 cm³/mol. The molecule has 116 valence electrons. The van der Waals surface area contributed by atoms with E-state index < -0.39 is 0 Å². The van der Waals surface area contributed by atoms with Crippen LogP contribution in [0.4, 0.5) is 0 Å². The summed E-state index contributed by atoms with van der Waals surface area (Å²) in [5, 5.41) is 14.0. The fraction of sp³-hybridized carbons (Fsp3) is 0.875. The molecule has 0 aromatic carbocycles. The van der Waals surface area contributed by atoms with E-state index in [9.17, 15) is 5.11 Å². The maximum absolute atomic E-state index is 9.91. The zero-order valence-electron chi connectivity index (χ0n) is 12.6. The van der Waals surface area contributed by atoms with Crippen LogP contribution in [0.1, 0.15) is 62.6 Å². The van der Waals surface area contributed by atoms with Crippen molar-refractivity contribution in [2.45, 2.75) is 57.4 Å². The molecule has 1 aromatic rings. The zero-order valence-corrected chi connectivity index (χ0v) is 12.6. The quantitative estimate of drug-likeness (QED) is 0.871. The number of aliphatic hydroxyl groups is 1. The lowest BCUT2D eigenvalue weighted by molar-refractivity contribution is 0.0168. The first kappa shape index (κ1) is 13.7. The van der Waals surface area contributed by atoms with Crippen LogP contribution in [0.15, 0.2) is 4.52 Å². The first-order valence-corrected chi connectivity index (χ1v) is 8.42. The molecule has 2 saturated carbocycles. The smallest absolute Gasteiger partial charge is 0.229 e. The molecule has 0 radical (unpaired) electrons. The lowest BCUT2D eigenvalue weighted by Gasteiger charge is -2.41. The average molecular weight is 291 g/mol. The highest BCUT2D eigenvalue weighted by molar-refractivity contribution is 5.02. The fourth-order valence-electron chi connectivity index (χ4n) is 3.77. The van der Waals surface area contributed by atoms with E-state index in [1.54, 1.807) is 0 Å². The second-order valence-electron chi connectivity index (χ2n) is 7.44. The van der Waals surface area contributed by atoms with E-state index in [0.717, 1.165) is 43.7 Å². The molecule has 5 heteroatoms. The van der Waals surface area contributed by atoms with Gasteiger partial charge in [0.1, 0.15) is 0 Å². The summed E-state index contributed by atoms with van der Waals surface area (Å²) >= 11 is 0. The number of rotatable bonds is 6. The minimum absolute atomic E-state index is 0.114. The molecule has 4 rings (SSSR count). The third-order valence-electron chi connectivity index (χ3n) is 5.27. The summed E-state index contributed by atoms with van der Waals surface area (Å²) in [6, 6.07) is 0. The molecule has 5 nitrogen and oxygen atoms in total. The van der Waals surface area contributed by atoms with Crippen molar-refractivity contribution in [1.82, 2.24) is 15.0 Å². The highest BCUT2D eigenvalue weighted by Gasteiger charge is 2.40. The van der Waals surface area contributed by atoms with Crippen molar-refractivity contribution in [2.75, 3.05) is 19.7 Å². The number of hydrogen-bond acceptors (Lipinski definition) is 5. The van der Waals surface area contributed by atoms with E-state index in [4.69, 9.17) is 4.52 Å². The van der Waals surface area contributed by atoms with Gasteiger partial charge in [-0.1, -0.05) is 18.0 Å². The van der Waals surface area contributed by atoms with Crippen LogP contribution in [-0.4, -0.2) is 39.8 Å². The van der Waals surface area contributed by atoms with Crippen LogP contribution >= 0.6 is 0 Å². The standard InChI is InChI=1S/C16H25N3O2/c20-11-16(8-12-2-3-12)6-1-7-19(10-16)9-14-17-15(21-18-14)13-4-5-13/h12-13,20H,1-11H2. The van der Waals surface area contributed by atoms with Gasteiger partial charge in [-0.3, -0.25) is 4.90 Å². The van der Waals surface area contributed by atoms with Crippen LogP contribution in [0.5, 0.6) is 0 Å². The van der Waals surface area contributed by atoms with E-state index in [0.29, 0.717) is 12.5 Å². The second-order valence-corrected chi connectivity index (χ2v) is 7.44. The molecule has 2 aliphatic carbocycles. The molecule has 1 aliphatic heterocycles. The maximum atomic E-state index is 9.91. The molecular weight excluding hydrogens is 266 g/mol. The summed E-state index contributed by atoms with van der Waals surface area (Å²) in [7, 11) is 0. The SMILES string of the molecule is OCC1(CC2CC2)CCCN(Cc2noc(C3CC3)n2)C1. The predicted octanol–water partition coefficient (Wildman–Crippen LogP) is 2.32. The van der Waals surface area contributed by atoms with Crippen LogP contribution in [-0.2, 0) is 6.54 Å². The van der Waals surface area contributed by atoms with Crippen molar-refractivity contribution in [3.63, 3.8) is 0 Å². The summed E-state index contributed by atoms with van der Waals surface area (Å²) in [5.74, 6) is 3.04. The van der Waals surface area contributed by atoms with Crippen molar-refractivity contribution < 1.29 is 9.63 Å². The van der Waals surface area contributed by atoms with Gasteiger partial charge < -0.3 is 9.63 Å². The summed E-state index contributed by atoms with van der Waals surface area (Å²) < 4.78 is 5.35. The lowest BCUT2D eigenvalue weighted by Crippen LogP contribution is -2.45. The largest absolute Gasteiger partial charge is 0.396 e. The summed E-state index contributed by atoms with van der Waals surface area (Å²) in [5.41, 5.74) is 0.114. The van der Waals surface area contributed by atoms with Gasteiger partial charge in [-0.15, -0.1) is 0 Å². The van der Waals surface area contributed by atoms with Crippen LogP contribution in [0, 0.1) is 11.3 Å². The van der Waals surface area contributed by atoms with Crippen LogP contribution in [0.25, 0.3) is 0 Å². The van der Waals surface area contributed by atoms with Gasteiger partial charge in [-0.2, -0.15) is 4.98 Å². The molecule has 3 fully saturated rings. The number of likely N-dealkylation sites (tertiary alicyclic amines) is 1. The molecular formula is C16H25N3O2. The van der Waals surface area contributed by atoms with Gasteiger partial charge >= 0.3 is 0 Å². The Morgan fingerprint density at radius 3 is 2.86 bits per heavy atom. The normalized spacial score (nSPS) is 30.7. The van der Waals surface area contributed by atoms with Crippen LogP contribution in [0.2, 0.25) is 0 Å². The number of nitrogens with zero attached hydrogens (tertiary/aromatic N) is 3. The molecule has 1 saturated heterocycles. The van der Waals surface area contributed by atoms with E-state index in [2.05, 4.69) is 15.0 Å². The Hall–Kier alpha value is -0.940. The minimum atomic E-state index is 0.114. The first-order chi connectivity index (χ1) is 10.3. The molecule has 0 amide bonds. The highest BCUT2D eigenvalue weighted by atomic mass is 16.5. The molecule has 1 unspecified atom stereocenters. The first-order valence-electron chi connectivity index (χ1n) is 8.42. The number of hydrogen-bond donors (Lipinski definition) is 1.